The molecule has 0 aliphatic carbocycles. The molecule has 0 unspecified atom stereocenters. The normalized spacial score (nSPS) is 21.8. The Labute approximate surface area is 179 Å². The molecule has 1 fully saturated rings. The highest BCUT2D eigenvalue weighted by Gasteiger charge is 2.38. The van der Waals surface area contributed by atoms with Crippen molar-refractivity contribution in [2.45, 2.75) is 64.5 Å². The van der Waals surface area contributed by atoms with Crippen molar-refractivity contribution in [1.82, 2.24) is 19.8 Å². The summed E-state index contributed by atoms with van der Waals surface area (Å²) in [5.41, 5.74) is 0.731. The van der Waals surface area contributed by atoms with Gasteiger partial charge in [0, 0.05) is 44.1 Å². The molecule has 0 radical (unpaired) electrons. The second-order valence-electron chi connectivity index (χ2n) is 8.29. The van der Waals surface area contributed by atoms with Crippen molar-refractivity contribution in [3.8, 4) is 5.88 Å². The summed E-state index contributed by atoms with van der Waals surface area (Å²) >= 11 is 0. The average molecular weight is 437 g/mol. The molecule has 0 aromatic carbocycles. The number of hydrogen-bond acceptors (Lipinski definition) is 6. The standard InChI is InChI=1S/C21H29F2N5O3/c1-3-30-19-11-15(31-26-19)4-5-20(29)27-8-6-14(7-9-27)16-12-17(21(22)23)28-18(24-16)10-13(2)25-28/h10-11,14,16-17,21,24H,3-9,12H2,1-2H3/t16-,17+/m0/s1. The quantitative estimate of drug-likeness (QED) is 0.714. The van der Waals surface area contributed by atoms with Crippen LogP contribution in [0.3, 0.4) is 0 Å². The topological polar surface area (TPSA) is 85.4 Å². The number of nitrogens with one attached hydrogen (secondary N) is 1. The van der Waals surface area contributed by atoms with E-state index in [2.05, 4.69) is 15.6 Å². The first-order chi connectivity index (χ1) is 14.9. The number of amides is 1. The van der Waals surface area contributed by atoms with Gasteiger partial charge in [-0.1, -0.05) is 0 Å². The summed E-state index contributed by atoms with van der Waals surface area (Å²) < 4.78 is 39.1. The van der Waals surface area contributed by atoms with E-state index < -0.39 is 12.5 Å². The number of hydrogen-bond donors (Lipinski definition) is 1. The molecule has 1 N–H and O–H groups in total. The first-order valence-corrected chi connectivity index (χ1v) is 10.9. The van der Waals surface area contributed by atoms with Crippen molar-refractivity contribution in [2.24, 2.45) is 5.92 Å². The highest BCUT2D eigenvalue weighted by atomic mass is 19.3. The summed E-state index contributed by atoms with van der Waals surface area (Å²) in [5.74, 6) is 2.05. The van der Waals surface area contributed by atoms with E-state index in [4.69, 9.17) is 9.26 Å². The van der Waals surface area contributed by atoms with Crippen molar-refractivity contribution >= 4 is 11.7 Å². The number of aromatic nitrogens is 3. The van der Waals surface area contributed by atoms with Gasteiger partial charge >= 0.3 is 0 Å². The lowest BCUT2D eigenvalue weighted by Crippen LogP contribution is -2.46. The van der Waals surface area contributed by atoms with E-state index in [0.29, 0.717) is 56.4 Å². The molecule has 10 heteroatoms. The first-order valence-electron chi connectivity index (χ1n) is 10.9. The lowest BCUT2D eigenvalue weighted by molar-refractivity contribution is -0.132. The highest BCUT2D eigenvalue weighted by Crippen LogP contribution is 2.37. The van der Waals surface area contributed by atoms with Gasteiger partial charge in [-0.3, -0.25) is 4.79 Å². The third-order valence-corrected chi connectivity index (χ3v) is 6.17. The number of nitrogens with zero attached hydrogens (tertiary/aromatic N) is 4. The molecular formula is C21H29F2N5O3. The minimum atomic E-state index is -2.45. The summed E-state index contributed by atoms with van der Waals surface area (Å²) in [5, 5.41) is 11.4. The van der Waals surface area contributed by atoms with Crippen LogP contribution in [0.2, 0.25) is 0 Å². The number of likely N-dealkylation sites (tertiary alicyclic amines) is 1. The molecule has 2 aliphatic rings. The van der Waals surface area contributed by atoms with E-state index in [1.165, 1.54) is 4.68 Å². The zero-order valence-corrected chi connectivity index (χ0v) is 17.9. The van der Waals surface area contributed by atoms with Gasteiger partial charge in [0.2, 0.25) is 5.91 Å². The molecule has 1 amide bonds. The van der Waals surface area contributed by atoms with Crippen molar-refractivity contribution in [3.05, 3.63) is 23.6 Å². The van der Waals surface area contributed by atoms with E-state index in [0.717, 1.165) is 18.5 Å². The van der Waals surface area contributed by atoms with Gasteiger partial charge in [0.15, 0.2) is 0 Å². The van der Waals surface area contributed by atoms with Crippen molar-refractivity contribution < 1.29 is 22.8 Å². The van der Waals surface area contributed by atoms with Crippen molar-refractivity contribution in [3.63, 3.8) is 0 Å². The van der Waals surface area contributed by atoms with Gasteiger partial charge in [0.05, 0.1) is 12.3 Å². The Hall–Kier alpha value is -2.65. The fourth-order valence-electron chi connectivity index (χ4n) is 4.57. The second kappa shape index (κ2) is 9.23. The molecule has 170 valence electrons. The van der Waals surface area contributed by atoms with Gasteiger partial charge in [-0.05, 0) is 44.2 Å². The number of ether oxygens (including phenoxy) is 1. The smallest absolute Gasteiger partial charge is 0.260 e. The van der Waals surface area contributed by atoms with Crippen molar-refractivity contribution in [2.75, 3.05) is 25.0 Å². The maximum absolute atomic E-state index is 13.6. The maximum Gasteiger partial charge on any atom is 0.260 e. The number of piperidine rings is 1. The third kappa shape index (κ3) is 4.83. The highest BCUT2D eigenvalue weighted by molar-refractivity contribution is 5.76. The molecule has 1 saturated heterocycles. The molecule has 0 bridgehead atoms. The Kier molecular flexibility index (Phi) is 6.43. The first kappa shape index (κ1) is 21.6. The molecule has 31 heavy (non-hydrogen) atoms. The summed E-state index contributed by atoms with van der Waals surface area (Å²) in [4.78, 5) is 14.5. The number of carbonyl (C=O) groups excluding carboxylic acids is 1. The molecule has 2 atom stereocenters. The lowest BCUT2D eigenvalue weighted by Gasteiger charge is -2.40. The molecule has 2 aromatic heterocycles. The molecule has 0 spiro atoms. The zero-order valence-electron chi connectivity index (χ0n) is 17.9. The van der Waals surface area contributed by atoms with Crippen LogP contribution < -0.4 is 10.1 Å². The van der Waals surface area contributed by atoms with E-state index in [9.17, 15) is 13.6 Å². The van der Waals surface area contributed by atoms with Crippen LogP contribution in [0.4, 0.5) is 14.6 Å². The molecule has 2 aliphatic heterocycles. The van der Waals surface area contributed by atoms with E-state index in [1.807, 2.05) is 24.8 Å². The maximum atomic E-state index is 13.6. The number of anilines is 1. The minimum Gasteiger partial charge on any atom is -0.476 e. The van der Waals surface area contributed by atoms with Crippen LogP contribution in [0.15, 0.2) is 16.7 Å². The Bertz CT molecular complexity index is 891. The SMILES string of the molecule is CCOc1cc(CCC(=O)N2CCC([C@@H]3C[C@H](C(F)F)n4nc(C)cc4N3)CC2)on1. The predicted molar refractivity (Wildman–Crippen MR) is 109 cm³/mol. The van der Waals surface area contributed by atoms with Crippen LogP contribution in [0.25, 0.3) is 0 Å². The number of rotatable bonds is 7. The largest absolute Gasteiger partial charge is 0.476 e. The van der Waals surface area contributed by atoms with Crippen LogP contribution in [-0.2, 0) is 11.2 Å². The Morgan fingerprint density at radius 3 is 2.84 bits per heavy atom. The molecule has 4 rings (SSSR count). The number of carbonyl (C=O) groups is 1. The van der Waals surface area contributed by atoms with Gasteiger partial charge < -0.3 is 19.5 Å². The van der Waals surface area contributed by atoms with Crippen LogP contribution in [-0.4, -0.2) is 57.9 Å². The van der Waals surface area contributed by atoms with Crippen LogP contribution in [0.1, 0.15) is 50.1 Å². The van der Waals surface area contributed by atoms with E-state index in [-0.39, 0.29) is 17.9 Å². The number of aryl methyl sites for hydroxylation is 2. The molecule has 0 saturated carbocycles. The van der Waals surface area contributed by atoms with Gasteiger partial charge in [0.1, 0.15) is 17.6 Å². The Balaban J connectivity index is 1.28. The number of halogens is 2. The summed E-state index contributed by atoms with van der Waals surface area (Å²) in [6.07, 6.45) is 0.301. The molecule has 8 nitrogen and oxygen atoms in total. The van der Waals surface area contributed by atoms with Gasteiger partial charge in [-0.2, -0.15) is 5.10 Å². The monoisotopic (exact) mass is 437 g/mol. The number of fused-ring (bicyclic) bond motifs is 1. The Morgan fingerprint density at radius 2 is 2.13 bits per heavy atom. The fraction of sp³-hybridized carbons (Fsp3) is 0.667. The average Bonchev–Trinajstić information content (AvgIpc) is 3.36. The van der Waals surface area contributed by atoms with Gasteiger partial charge in [-0.15, -0.1) is 0 Å². The Morgan fingerprint density at radius 1 is 1.35 bits per heavy atom. The minimum absolute atomic E-state index is 0.0361. The van der Waals surface area contributed by atoms with E-state index in [1.54, 1.807) is 6.07 Å². The van der Waals surface area contributed by atoms with Crippen LogP contribution in [0, 0.1) is 12.8 Å². The van der Waals surface area contributed by atoms with E-state index >= 15 is 0 Å². The summed E-state index contributed by atoms with van der Waals surface area (Å²) in [7, 11) is 0. The summed E-state index contributed by atoms with van der Waals surface area (Å²) in [6, 6.07) is 2.59. The fourth-order valence-corrected chi connectivity index (χ4v) is 4.57. The molecule has 4 heterocycles. The van der Waals surface area contributed by atoms with Crippen LogP contribution >= 0.6 is 0 Å². The molecule has 2 aromatic rings. The predicted octanol–water partition coefficient (Wildman–Crippen LogP) is 3.44. The summed E-state index contributed by atoms with van der Waals surface area (Å²) in [6.45, 7) is 5.47. The van der Waals surface area contributed by atoms with Crippen LogP contribution in [0.5, 0.6) is 5.88 Å². The van der Waals surface area contributed by atoms with Crippen molar-refractivity contribution in [1.29, 1.82) is 0 Å². The zero-order chi connectivity index (χ0) is 22.0. The molecular weight excluding hydrogens is 408 g/mol. The number of alkyl halides is 2. The second-order valence-corrected chi connectivity index (χ2v) is 8.29. The van der Waals surface area contributed by atoms with Gasteiger partial charge in [-0.25, -0.2) is 13.5 Å². The lowest BCUT2D eigenvalue weighted by atomic mass is 9.85. The third-order valence-electron chi connectivity index (χ3n) is 6.17. The van der Waals surface area contributed by atoms with Gasteiger partial charge in [0.25, 0.3) is 12.3 Å².